The predicted octanol–water partition coefficient (Wildman–Crippen LogP) is 4.49. The molecule has 0 aromatic heterocycles. The van der Waals surface area contributed by atoms with Gasteiger partial charge >= 0.3 is 5.97 Å². The van der Waals surface area contributed by atoms with Gasteiger partial charge in [0, 0.05) is 19.1 Å². The van der Waals surface area contributed by atoms with Gasteiger partial charge < -0.3 is 9.47 Å². The lowest BCUT2D eigenvalue weighted by molar-refractivity contribution is -0.136. The highest BCUT2D eigenvalue weighted by molar-refractivity contribution is 5.95. The van der Waals surface area contributed by atoms with Gasteiger partial charge in [-0.2, -0.15) is 0 Å². The first-order valence-electron chi connectivity index (χ1n) is 9.64. The summed E-state index contributed by atoms with van der Waals surface area (Å²) in [7, 11) is 3.02. The summed E-state index contributed by atoms with van der Waals surface area (Å²) in [5.74, 6) is 0.384. The van der Waals surface area contributed by atoms with Crippen LogP contribution in [0, 0.1) is 22.7 Å². The summed E-state index contributed by atoms with van der Waals surface area (Å²) in [5, 5.41) is 0. The zero-order valence-electron chi connectivity index (χ0n) is 17.2. The maximum atomic E-state index is 12.9. The molecule has 0 saturated heterocycles. The number of ketones is 1. The number of carbonyl (C=O) groups excluding carboxylic acids is 2. The third-order valence-electron chi connectivity index (χ3n) is 6.58. The summed E-state index contributed by atoms with van der Waals surface area (Å²) < 4.78 is 10.0. The molecule has 146 valence electrons. The Morgan fingerprint density at radius 2 is 1.96 bits per heavy atom. The average molecular weight is 363 g/mol. The van der Waals surface area contributed by atoms with Crippen LogP contribution in [0.5, 0.6) is 0 Å². The van der Waals surface area contributed by atoms with Crippen molar-refractivity contribution in [3.8, 4) is 0 Å². The molecule has 0 aromatic rings. The zero-order valence-corrected chi connectivity index (χ0v) is 17.2. The Labute approximate surface area is 158 Å². The van der Waals surface area contributed by atoms with Crippen molar-refractivity contribution in [2.75, 3.05) is 20.8 Å². The molecule has 4 heteroatoms. The van der Waals surface area contributed by atoms with Gasteiger partial charge in [0.25, 0.3) is 0 Å². The molecule has 2 rings (SSSR count). The van der Waals surface area contributed by atoms with Crippen molar-refractivity contribution in [2.45, 2.75) is 59.8 Å². The van der Waals surface area contributed by atoms with Crippen molar-refractivity contribution < 1.29 is 19.1 Å². The Kier molecular flexibility index (Phi) is 6.49. The Balaban J connectivity index is 2.27. The van der Waals surface area contributed by atoms with Crippen LogP contribution in [-0.4, -0.2) is 32.6 Å². The van der Waals surface area contributed by atoms with Gasteiger partial charge in [-0.15, -0.1) is 0 Å². The molecule has 0 aromatic carbocycles. The number of ether oxygens (including phenoxy) is 2. The highest BCUT2D eigenvalue weighted by atomic mass is 16.5. The minimum Gasteiger partial charge on any atom is -0.466 e. The molecule has 0 spiro atoms. The Hall–Kier alpha value is -1.42. The molecule has 0 bridgehead atoms. The maximum absolute atomic E-state index is 12.9. The van der Waals surface area contributed by atoms with E-state index in [4.69, 9.17) is 9.47 Å². The normalized spacial score (nSPS) is 31.2. The second kappa shape index (κ2) is 8.08. The summed E-state index contributed by atoms with van der Waals surface area (Å²) in [6.45, 7) is 9.30. The van der Waals surface area contributed by atoms with Crippen molar-refractivity contribution in [3.05, 3.63) is 23.3 Å². The minimum atomic E-state index is -0.342. The summed E-state index contributed by atoms with van der Waals surface area (Å²) in [6.07, 6.45) is 8.48. The number of hydrogen-bond donors (Lipinski definition) is 0. The van der Waals surface area contributed by atoms with Crippen LogP contribution in [0.2, 0.25) is 0 Å². The molecule has 2 aliphatic carbocycles. The first-order valence-corrected chi connectivity index (χ1v) is 9.64. The first kappa shape index (κ1) is 20.9. The number of allylic oxidation sites excluding steroid dienone is 2. The fourth-order valence-corrected chi connectivity index (χ4v) is 5.60. The topological polar surface area (TPSA) is 52.6 Å². The number of fused-ring (bicyclic) bond motifs is 1. The van der Waals surface area contributed by atoms with Crippen molar-refractivity contribution in [2.24, 2.45) is 22.7 Å². The number of rotatable bonds is 6. The lowest BCUT2D eigenvalue weighted by Gasteiger charge is -2.55. The van der Waals surface area contributed by atoms with E-state index in [-0.39, 0.29) is 22.7 Å². The number of hydrogen-bond acceptors (Lipinski definition) is 4. The predicted molar refractivity (Wildman–Crippen MR) is 103 cm³/mol. The fraction of sp³-hybridized carbons (Fsp3) is 0.727. The Morgan fingerprint density at radius 3 is 2.58 bits per heavy atom. The van der Waals surface area contributed by atoms with E-state index < -0.39 is 0 Å². The molecule has 3 atom stereocenters. The number of carbonyl (C=O) groups is 2. The van der Waals surface area contributed by atoms with Crippen LogP contribution in [0.1, 0.15) is 59.8 Å². The SMILES string of the molecule is COC/C(=C/C(=O)OC)CC[C@@H]1C(C)=CC(=O)[C@@H]2C(C)(C)CCC[C@@]12C. The molecular weight excluding hydrogens is 328 g/mol. The van der Waals surface area contributed by atoms with Crippen LogP contribution in [0.25, 0.3) is 0 Å². The highest BCUT2D eigenvalue weighted by Crippen LogP contribution is 2.59. The molecule has 1 fully saturated rings. The monoisotopic (exact) mass is 362 g/mol. The minimum absolute atomic E-state index is 0.0128. The second-order valence-electron chi connectivity index (χ2n) is 8.92. The fourth-order valence-electron chi connectivity index (χ4n) is 5.60. The molecule has 4 nitrogen and oxygen atoms in total. The standard InChI is InChI=1S/C22H34O4/c1-15-12-18(23)20-21(2,3)10-7-11-22(20,4)17(15)9-8-16(14-25-5)13-19(24)26-6/h12-13,17,20H,7-11,14H2,1-6H3/b16-13+/t17-,20-,22+/m1/s1. The van der Waals surface area contributed by atoms with E-state index in [0.717, 1.165) is 31.3 Å². The smallest absolute Gasteiger partial charge is 0.330 e. The second-order valence-corrected chi connectivity index (χ2v) is 8.92. The van der Waals surface area contributed by atoms with Gasteiger partial charge in [-0.1, -0.05) is 32.8 Å². The van der Waals surface area contributed by atoms with Gasteiger partial charge in [-0.05, 0) is 61.0 Å². The first-order chi connectivity index (χ1) is 12.2. The molecule has 0 unspecified atom stereocenters. The van der Waals surface area contributed by atoms with Crippen LogP contribution >= 0.6 is 0 Å². The van der Waals surface area contributed by atoms with Gasteiger partial charge in [0.1, 0.15) is 0 Å². The molecule has 0 heterocycles. The highest BCUT2D eigenvalue weighted by Gasteiger charge is 2.55. The van der Waals surface area contributed by atoms with Gasteiger partial charge in [0.05, 0.1) is 13.7 Å². The summed E-state index contributed by atoms with van der Waals surface area (Å²) in [5.41, 5.74) is 2.15. The van der Waals surface area contributed by atoms with Gasteiger partial charge in [-0.25, -0.2) is 4.79 Å². The molecule has 1 saturated carbocycles. The molecule has 0 amide bonds. The van der Waals surface area contributed by atoms with Crippen molar-refractivity contribution >= 4 is 11.8 Å². The third-order valence-corrected chi connectivity index (χ3v) is 6.58. The lowest BCUT2D eigenvalue weighted by Crippen LogP contribution is -2.52. The molecule has 0 radical (unpaired) electrons. The van der Waals surface area contributed by atoms with Gasteiger partial charge in [0.15, 0.2) is 5.78 Å². The van der Waals surface area contributed by atoms with E-state index in [1.165, 1.54) is 19.1 Å². The van der Waals surface area contributed by atoms with Crippen LogP contribution in [0.4, 0.5) is 0 Å². The van der Waals surface area contributed by atoms with E-state index in [2.05, 4.69) is 27.7 Å². The van der Waals surface area contributed by atoms with Crippen LogP contribution < -0.4 is 0 Å². The largest absolute Gasteiger partial charge is 0.466 e. The van der Waals surface area contributed by atoms with Gasteiger partial charge in [0.2, 0.25) is 0 Å². The molecule has 0 aliphatic heterocycles. The van der Waals surface area contributed by atoms with E-state index in [9.17, 15) is 9.59 Å². The van der Waals surface area contributed by atoms with Crippen molar-refractivity contribution in [1.29, 1.82) is 0 Å². The van der Waals surface area contributed by atoms with Crippen molar-refractivity contribution in [1.82, 2.24) is 0 Å². The quantitative estimate of drug-likeness (QED) is 0.516. The Morgan fingerprint density at radius 1 is 1.27 bits per heavy atom. The average Bonchev–Trinajstić information content (AvgIpc) is 2.52. The van der Waals surface area contributed by atoms with E-state index in [1.807, 2.05) is 6.08 Å². The number of methoxy groups -OCH3 is 2. The molecule has 0 N–H and O–H groups in total. The van der Waals surface area contributed by atoms with Gasteiger partial charge in [-0.3, -0.25) is 4.79 Å². The molecule has 26 heavy (non-hydrogen) atoms. The van der Waals surface area contributed by atoms with Crippen molar-refractivity contribution in [3.63, 3.8) is 0 Å². The summed E-state index contributed by atoms with van der Waals surface area (Å²) in [6, 6.07) is 0. The summed E-state index contributed by atoms with van der Waals surface area (Å²) in [4.78, 5) is 24.5. The van der Waals surface area contributed by atoms with E-state index in [1.54, 1.807) is 13.2 Å². The molecular formula is C22H34O4. The van der Waals surface area contributed by atoms with E-state index in [0.29, 0.717) is 18.3 Å². The summed E-state index contributed by atoms with van der Waals surface area (Å²) >= 11 is 0. The van der Waals surface area contributed by atoms with Crippen LogP contribution in [-0.2, 0) is 19.1 Å². The molecule has 2 aliphatic rings. The van der Waals surface area contributed by atoms with E-state index >= 15 is 0 Å². The zero-order chi connectivity index (χ0) is 19.5. The number of esters is 1. The Bertz CT molecular complexity index is 614. The third kappa shape index (κ3) is 4.11. The maximum Gasteiger partial charge on any atom is 0.330 e. The lowest BCUT2D eigenvalue weighted by atomic mass is 9.48. The van der Waals surface area contributed by atoms with Crippen LogP contribution in [0.3, 0.4) is 0 Å². The van der Waals surface area contributed by atoms with Crippen LogP contribution in [0.15, 0.2) is 23.3 Å².